The van der Waals surface area contributed by atoms with Crippen molar-refractivity contribution in [3.8, 4) is 5.69 Å². The van der Waals surface area contributed by atoms with Crippen LogP contribution in [0.2, 0.25) is 5.02 Å². The minimum Gasteiger partial charge on any atom is -0.328 e. The van der Waals surface area contributed by atoms with Gasteiger partial charge in [0.25, 0.3) is 0 Å². The lowest BCUT2D eigenvalue weighted by Crippen LogP contribution is -2.17. The number of benzene rings is 1. The van der Waals surface area contributed by atoms with E-state index in [1.165, 1.54) is 10.7 Å². The number of aryl methyl sites for hydroxylation is 1. The van der Waals surface area contributed by atoms with Gasteiger partial charge in [0.05, 0.1) is 10.7 Å². The van der Waals surface area contributed by atoms with Gasteiger partial charge in [-0.05, 0) is 38.0 Å². The summed E-state index contributed by atoms with van der Waals surface area (Å²) in [5.41, 5.74) is 7.63. The second kappa shape index (κ2) is 5.08. The molecular weight excluding hydrogens is 253 g/mol. The molecule has 2 aromatic rings. The summed E-state index contributed by atoms with van der Waals surface area (Å²) in [5, 5.41) is 4.67. The fraction of sp³-hybridized carbons (Fsp3) is 0.308. The van der Waals surface area contributed by atoms with Gasteiger partial charge < -0.3 is 5.73 Å². The van der Waals surface area contributed by atoms with Crippen LogP contribution in [0.25, 0.3) is 5.69 Å². The van der Waals surface area contributed by atoms with Gasteiger partial charge in [-0.15, -0.1) is 0 Å². The van der Waals surface area contributed by atoms with E-state index in [4.69, 9.17) is 17.3 Å². The Bertz CT molecular complexity index is 544. The quantitative estimate of drug-likeness (QED) is 0.929. The van der Waals surface area contributed by atoms with Gasteiger partial charge in [0.1, 0.15) is 11.5 Å². The molecule has 0 spiro atoms. The van der Waals surface area contributed by atoms with Crippen LogP contribution < -0.4 is 5.73 Å². The molecule has 0 aliphatic carbocycles. The molecule has 0 saturated carbocycles. The van der Waals surface area contributed by atoms with Gasteiger partial charge in [-0.3, -0.25) is 0 Å². The van der Waals surface area contributed by atoms with Crippen molar-refractivity contribution in [3.63, 3.8) is 0 Å². The first-order valence-corrected chi connectivity index (χ1v) is 6.11. The number of hydrogen-bond acceptors (Lipinski definition) is 2. The van der Waals surface area contributed by atoms with E-state index in [-0.39, 0.29) is 11.9 Å². The van der Waals surface area contributed by atoms with E-state index < -0.39 is 0 Å². The highest BCUT2D eigenvalue weighted by atomic mass is 35.5. The van der Waals surface area contributed by atoms with Gasteiger partial charge in [-0.25, -0.2) is 9.07 Å². The van der Waals surface area contributed by atoms with E-state index in [1.54, 1.807) is 19.2 Å². The van der Waals surface area contributed by atoms with Crippen LogP contribution in [-0.2, 0) is 6.42 Å². The van der Waals surface area contributed by atoms with Gasteiger partial charge in [0.15, 0.2) is 0 Å². The molecule has 0 bridgehead atoms. The van der Waals surface area contributed by atoms with Crippen LogP contribution in [0.4, 0.5) is 4.39 Å². The lowest BCUT2D eigenvalue weighted by atomic mass is 10.1. The molecule has 0 amide bonds. The summed E-state index contributed by atoms with van der Waals surface area (Å²) < 4.78 is 15.4. The smallest absolute Gasteiger partial charge is 0.149 e. The van der Waals surface area contributed by atoms with E-state index in [0.717, 1.165) is 5.56 Å². The summed E-state index contributed by atoms with van der Waals surface area (Å²) in [6.45, 7) is 3.67. The van der Waals surface area contributed by atoms with Crippen LogP contribution in [0.1, 0.15) is 18.2 Å². The summed E-state index contributed by atoms with van der Waals surface area (Å²) in [4.78, 5) is 0. The molecule has 2 N–H and O–H groups in total. The lowest BCUT2D eigenvalue weighted by molar-refractivity contribution is 0.606. The molecule has 5 heteroatoms. The Labute approximate surface area is 110 Å². The monoisotopic (exact) mass is 267 g/mol. The van der Waals surface area contributed by atoms with E-state index in [2.05, 4.69) is 5.10 Å². The first-order chi connectivity index (χ1) is 8.47. The zero-order chi connectivity index (χ0) is 13.3. The second-order valence-corrected chi connectivity index (χ2v) is 4.88. The molecule has 1 unspecified atom stereocenters. The topological polar surface area (TPSA) is 43.8 Å². The Hall–Kier alpha value is -1.39. The Balaban J connectivity index is 2.35. The van der Waals surface area contributed by atoms with Crippen molar-refractivity contribution in [3.05, 3.63) is 46.5 Å². The predicted octanol–water partition coefficient (Wildman–Crippen LogP) is 2.86. The minimum atomic E-state index is -0.327. The molecule has 1 atom stereocenters. The van der Waals surface area contributed by atoms with E-state index >= 15 is 0 Å². The summed E-state index contributed by atoms with van der Waals surface area (Å²) in [6, 6.07) is 5.04. The highest BCUT2D eigenvalue weighted by Crippen LogP contribution is 2.19. The standard InChI is InChI=1S/C13H15ClFN3/c1-8(16)5-10-3-4-13(12(15)6-10)18-7-11(14)9(2)17-18/h3-4,6-8H,5,16H2,1-2H3. The van der Waals surface area contributed by atoms with E-state index in [0.29, 0.717) is 22.8 Å². The maximum Gasteiger partial charge on any atom is 0.149 e. The number of hydrogen-bond donors (Lipinski definition) is 1. The summed E-state index contributed by atoms with van der Waals surface area (Å²) >= 11 is 5.91. The van der Waals surface area contributed by atoms with Crippen LogP contribution in [-0.4, -0.2) is 15.8 Å². The molecule has 18 heavy (non-hydrogen) atoms. The predicted molar refractivity (Wildman–Crippen MR) is 70.6 cm³/mol. The number of halogens is 2. The normalized spacial score (nSPS) is 12.7. The average molecular weight is 268 g/mol. The third-order valence-corrected chi connectivity index (χ3v) is 3.03. The number of nitrogens with two attached hydrogens (primary N) is 1. The fourth-order valence-electron chi connectivity index (χ4n) is 1.80. The number of aromatic nitrogens is 2. The average Bonchev–Trinajstić information content (AvgIpc) is 2.58. The number of rotatable bonds is 3. The molecule has 0 aliphatic heterocycles. The maximum atomic E-state index is 14.0. The first-order valence-electron chi connectivity index (χ1n) is 5.73. The molecule has 1 aromatic carbocycles. The van der Waals surface area contributed by atoms with Crippen molar-refractivity contribution >= 4 is 11.6 Å². The van der Waals surface area contributed by atoms with Crippen molar-refractivity contribution in [2.45, 2.75) is 26.3 Å². The van der Waals surface area contributed by atoms with Crippen molar-refractivity contribution < 1.29 is 4.39 Å². The first kappa shape index (κ1) is 13.1. The molecule has 96 valence electrons. The molecule has 0 fully saturated rings. The number of nitrogens with zero attached hydrogens (tertiary/aromatic N) is 2. The Morgan fingerprint density at radius 3 is 2.72 bits per heavy atom. The molecular formula is C13H15ClFN3. The van der Waals surface area contributed by atoms with Crippen LogP contribution in [0.5, 0.6) is 0 Å². The lowest BCUT2D eigenvalue weighted by Gasteiger charge is -2.08. The molecule has 0 radical (unpaired) electrons. The van der Waals surface area contributed by atoms with E-state index in [9.17, 15) is 4.39 Å². The van der Waals surface area contributed by atoms with Gasteiger partial charge in [-0.2, -0.15) is 5.10 Å². The van der Waals surface area contributed by atoms with Crippen molar-refractivity contribution in [1.82, 2.24) is 9.78 Å². The largest absolute Gasteiger partial charge is 0.328 e. The summed E-state index contributed by atoms with van der Waals surface area (Å²) in [7, 11) is 0. The second-order valence-electron chi connectivity index (χ2n) is 4.47. The van der Waals surface area contributed by atoms with Crippen LogP contribution in [0.15, 0.2) is 24.4 Å². The summed E-state index contributed by atoms with van der Waals surface area (Å²) in [6.07, 6.45) is 2.25. The highest BCUT2D eigenvalue weighted by Gasteiger charge is 2.10. The molecule has 1 heterocycles. The van der Waals surface area contributed by atoms with Gasteiger partial charge in [0.2, 0.25) is 0 Å². The van der Waals surface area contributed by atoms with Crippen LogP contribution in [0, 0.1) is 12.7 Å². The van der Waals surface area contributed by atoms with Crippen molar-refractivity contribution in [2.75, 3.05) is 0 Å². The SMILES string of the molecule is Cc1nn(-c2ccc(CC(C)N)cc2F)cc1Cl. The maximum absolute atomic E-state index is 14.0. The Kier molecular flexibility index (Phi) is 3.68. The zero-order valence-corrected chi connectivity index (χ0v) is 11.1. The highest BCUT2D eigenvalue weighted by molar-refractivity contribution is 6.31. The fourth-order valence-corrected chi connectivity index (χ4v) is 1.93. The van der Waals surface area contributed by atoms with Crippen molar-refractivity contribution in [2.24, 2.45) is 5.73 Å². The molecule has 0 aliphatic rings. The van der Waals surface area contributed by atoms with Gasteiger partial charge in [0, 0.05) is 12.2 Å². The minimum absolute atomic E-state index is 0.0108. The third kappa shape index (κ3) is 2.71. The molecule has 3 nitrogen and oxygen atoms in total. The Morgan fingerprint density at radius 1 is 1.50 bits per heavy atom. The Morgan fingerprint density at radius 2 is 2.22 bits per heavy atom. The molecule has 1 aromatic heterocycles. The molecule has 0 saturated heterocycles. The van der Waals surface area contributed by atoms with Crippen LogP contribution in [0.3, 0.4) is 0 Å². The zero-order valence-electron chi connectivity index (χ0n) is 10.3. The van der Waals surface area contributed by atoms with E-state index in [1.807, 2.05) is 13.0 Å². The van der Waals surface area contributed by atoms with Crippen molar-refractivity contribution in [1.29, 1.82) is 0 Å². The van der Waals surface area contributed by atoms with Gasteiger partial charge in [-0.1, -0.05) is 17.7 Å². The molecule has 2 rings (SSSR count). The van der Waals surface area contributed by atoms with Gasteiger partial charge >= 0.3 is 0 Å². The third-order valence-electron chi connectivity index (χ3n) is 2.66. The van der Waals surface area contributed by atoms with Crippen LogP contribution >= 0.6 is 11.6 Å². The summed E-state index contributed by atoms with van der Waals surface area (Å²) in [5.74, 6) is -0.327.